The third-order valence-corrected chi connectivity index (χ3v) is 5.56. The number of fused-ring (bicyclic) bond motifs is 1. The molecule has 1 saturated heterocycles. The third kappa shape index (κ3) is 1.58. The standard InChI is InChI=1S/C17H21NO2/c1-13(14-7-4-3-5-8-14)18-11-17(12-19)10-6-9-16(17,2)15(18)20/h3-5,7-8,12-13H,6,9-11H2,1-2H3/t13-,16-,17+/m1/s1. The molecular weight excluding hydrogens is 250 g/mol. The smallest absolute Gasteiger partial charge is 0.230 e. The number of aldehydes is 1. The summed E-state index contributed by atoms with van der Waals surface area (Å²) in [5, 5.41) is 0. The van der Waals surface area contributed by atoms with Gasteiger partial charge in [0, 0.05) is 6.54 Å². The van der Waals surface area contributed by atoms with Gasteiger partial charge in [-0.3, -0.25) is 4.79 Å². The predicted octanol–water partition coefficient (Wildman–Crippen LogP) is 2.97. The van der Waals surface area contributed by atoms with Crippen molar-refractivity contribution < 1.29 is 9.59 Å². The SMILES string of the molecule is C[C@H](c1ccccc1)N1C[C@]2(C=O)CCC[C@]2(C)C1=O. The van der Waals surface area contributed by atoms with Gasteiger partial charge in [-0.25, -0.2) is 0 Å². The van der Waals surface area contributed by atoms with Gasteiger partial charge in [-0.1, -0.05) is 36.8 Å². The summed E-state index contributed by atoms with van der Waals surface area (Å²) in [4.78, 5) is 26.4. The normalized spacial score (nSPS) is 34.1. The summed E-state index contributed by atoms with van der Waals surface area (Å²) in [6.45, 7) is 4.60. The number of amides is 1. The van der Waals surface area contributed by atoms with E-state index in [0.717, 1.165) is 31.1 Å². The highest BCUT2D eigenvalue weighted by atomic mass is 16.2. The molecule has 0 spiro atoms. The lowest BCUT2D eigenvalue weighted by Crippen LogP contribution is -2.37. The zero-order valence-corrected chi connectivity index (χ0v) is 12.1. The Balaban J connectivity index is 1.94. The van der Waals surface area contributed by atoms with Crippen LogP contribution in [0.2, 0.25) is 0 Å². The van der Waals surface area contributed by atoms with E-state index in [0.29, 0.717) is 6.54 Å². The zero-order valence-electron chi connectivity index (χ0n) is 12.1. The molecule has 106 valence electrons. The lowest BCUT2D eigenvalue weighted by molar-refractivity contribution is -0.139. The number of benzene rings is 1. The Kier molecular flexibility index (Phi) is 2.96. The monoisotopic (exact) mass is 271 g/mol. The van der Waals surface area contributed by atoms with Crippen LogP contribution in [0.4, 0.5) is 0 Å². The predicted molar refractivity (Wildman–Crippen MR) is 77.0 cm³/mol. The molecule has 1 aromatic rings. The Bertz CT molecular complexity index is 537. The zero-order chi connectivity index (χ0) is 14.4. The van der Waals surface area contributed by atoms with Crippen LogP contribution >= 0.6 is 0 Å². The van der Waals surface area contributed by atoms with Crippen molar-refractivity contribution in [2.45, 2.75) is 39.2 Å². The van der Waals surface area contributed by atoms with Crippen molar-refractivity contribution in [3.8, 4) is 0 Å². The van der Waals surface area contributed by atoms with Gasteiger partial charge in [0.1, 0.15) is 6.29 Å². The second kappa shape index (κ2) is 4.44. The number of carbonyl (C=O) groups excluding carboxylic acids is 2. The molecule has 1 aromatic carbocycles. The molecule has 0 bridgehead atoms. The molecule has 1 aliphatic heterocycles. The van der Waals surface area contributed by atoms with Crippen LogP contribution in [-0.2, 0) is 9.59 Å². The molecule has 0 aromatic heterocycles. The molecule has 0 radical (unpaired) electrons. The highest BCUT2D eigenvalue weighted by Gasteiger charge is 2.63. The van der Waals surface area contributed by atoms with Crippen molar-refractivity contribution >= 4 is 12.2 Å². The molecule has 1 aliphatic carbocycles. The maximum atomic E-state index is 12.9. The summed E-state index contributed by atoms with van der Waals surface area (Å²) >= 11 is 0. The van der Waals surface area contributed by atoms with E-state index in [2.05, 4.69) is 6.92 Å². The first-order chi connectivity index (χ1) is 9.54. The van der Waals surface area contributed by atoms with Gasteiger partial charge in [0.15, 0.2) is 0 Å². The summed E-state index contributed by atoms with van der Waals surface area (Å²) in [6.07, 6.45) is 3.71. The minimum Gasteiger partial charge on any atom is -0.334 e. The van der Waals surface area contributed by atoms with Crippen LogP contribution in [0, 0.1) is 10.8 Å². The van der Waals surface area contributed by atoms with Gasteiger partial charge in [-0.15, -0.1) is 0 Å². The van der Waals surface area contributed by atoms with Crippen LogP contribution in [0.25, 0.3) is 0 Å². The largest absolute Gasteiger partial charge is 0.334 e. The fourth-order valence-corrected chi connectivity index (χ4v) is 4.00. The van der Waals surface area contributed by atoms with Gasteiger partial charge in [-0.2, -0.15) is 0 Å². The quantitative estimate of drug-likeness (QED) is 0.793. The van der Waals surface area contributed by atoms with Crippen molar-refractivity contribution in [2.24, 2.45) is 10.8 Å². The lowest BCUT2D eigenvalue weighted by atomic mass is 9.70. The van der Waals surface area contributed by atoms with Crippen molar-refractivity contribution in [3.05, 3.63) is 35.9 Å². The molecule has 2 fully saturated rings. The fourth-order valence-electron chi connectivity index (χ4n) is 4.00. The topological polar surface area (TPSA) is 37.4 Å². The molecule has 1 amide bonds. The van der Waals surface area contributed by atoms with E-state index in [4.69, 9.17) is 0 Å². The van der Waals surface area contributed by atoms with Crippen LogP contribution < -0.4 is 0 Å². The number of rotatable bonds is 3. The van der Waals surface area contributed by atoms with E-state index in [1.54, 1.807) is 0 Å². The first-order valence-electron chi connectivity index (χ1n) is 7.36. The van der Waals surface area contributed by atoms with Crippen LogP contribution in [0.5, 0.6) is 0 Å². The Hall–Kier alpha value is -1.64. The first-order valence-corrected chi connectivity index (χ1v) is 7.36. The highest BCUT2D eigenvalue weighted by Crippen LogP contribution is 2.58. The molecule has 3 heteroatoms. The van der Waals surface area contributed by atoms with Gasteiger partial charge in [0.25, 0.3) is 0 Å². The summed E-state index contributed by atoms with van der Waals surface area (Å²) in [6, 6.07) is 10.1. The molecule has 1 saturated carbocycles. The number of carbonyl (C=O) groups is 2. The summed E-state index contributed by atoms with van der Waals surface area (Å²) in [5.74, 6) is 0.151. The summed E-state index contributed by atoms with van der Waals surface area (Å²) in [7, 11) is 0. The van der Waals surface area contributed by atoms with Gasteiger partial charge in [0.2, 0.25) is 5.91 Å². The Labute approximate surface area is 120 Å². The van der Waals surface area contributed by atoms with E-state index < -0.39 is 10.8 Å². The maximum absolute atomic E-state index is 12.9. The Morgan fingerprint density at radius 3 is 2.55 bits per heavy atom. The van der Waals surface area contributed by atoms with Crippen LogP contribution in [-0.4, -0.2) is 23.6 Å². The van der Waals surface area contributed by atoms with Gasteiger partial charge < -0.3 is 9.69 Å². The maximum Gasteiger partial charge on any atom is 0.230 e. The number of likely N-dealkylation sites (tertiary alicyclic amines) is 1. The van der Waals surface area contributed by atoms with Crippen molar-refractivity contribution in [1.82, 2.24) is 4.90 Å². The summed E-state index contributed by atoms with van der Waals surface area (Å²) in [5.41, 5.74) is 0.177. The van der Waals surface area contributed by atoms with Gasteiger partial charge in [-0.05, 0) is 32.3 Å². The van der Waals surface area contributed by atoms with E-state index in [1.807, 2.05) is 42.2 Å². The molecule has 2 aliphatic rings. The van der Waals surface area contributed by atoms with Crippen molar-refractivity contribution in [3.63, 3.8) is 0 Å². The first kappa shape index (κ1) is 13.3. The van der Waals surface area contributed by atoms with E-state index >= 15 is 0 Å². The Morgan fingerprint density at radius 1 is 1.25 bits per heavy atom. The molecule has 3 nitrogen and oxygen atoms in total. The van der Waals surface area contributed by atoms with E-state index in [1.165, 1.54) is 0 Å². The molecule has 3 rings (SSSR count). The second-order valence-electron chi connectivity index (χ2n) is 6.48. The number of hydrogen-bond donors (Lipinski definition) is 0. The molecular formula is C17H21NO2. The van der Waals surface area contributed by atoms with Crippen LogP contribution in [0.1, 0.15) is 44.7 Å². The molecule has 20 heavy (non-hydrogen) atoms. The average Bonchev–Trinajstić information content (AvgIpc) is 2.92. The third-order valence-electron chi connectivity index (χ3n) is 5.56. The summed E-state index contributed by atoms with van der Waals surface area (Å²) < 4.78 is 0. The fraction of sp³-hybridized carbons (Fsp3) is 0.529. The molecule has 0 unspecified atom stereocenters. The molecule has 1 heterocycles. The van der Waals surface area contributed by atoms with Crippen molar-refractivity contribution in [2.75, 3.05) is 6.54 Å². The van der Waals surface area contributed by atoms with Gasteiger partial charge in [0.05, 0.1) is 16.9 Å². The molecule has 0 N–H and O–H groups in total. The second-order valence-corrected chi connectivity index (χ2v) is 6.48. The van der Waals surface area contributed by atoms with E-state index in [-0.39, 0.29) is 11.9 Å². The minimum atomic E-state index is -0.488. The Morgan fingerprint density at radius 2 is 1.95 bits per heavy atom. The minimum absolute atomic E-state index is 0.0305. The number of nitrogens with zero attached hydrogens (tertiary/aromatic N) is 1. The van der Waals surface area contributed by atoms with Crippen LogP contribution in [0.15, 0.2) is 30.3 Å². The number of hydrogen-bond acceptors (Lipinski definition) is 2. The molecule has 3 atom stereocenters. The van der Waals surface area contributed by atoms with Crippen molar-refractivity contribution in [1.29, 1.82) is 0 Å². The van der Waals surface area contributed by atoms with Gasteiger partial charge >= 0.3 is 0 Å². The highest BCUT2D eigenvalue weighted by molar-refractivity contribution is 5.92. The average molecular weight is 271 g/mol. The van der Waals surface area contributed by atoms with Crippen LogP contribution in [0.3, 0.4) is 0 Å². The van der Waals surface area contributed by atoms with E-state index in [9.17, 15) is 9.59 Å². The lowest BCUT2D eigenvalue weighted by Gasteiger charge is -2.28.